The molecule has 10 heavy (non-hydrogen) atoms. The van der Waals surface area contributed by atoms with Gasteiger partial charge in [-0.05, 0) is 0 Å². The second kappa shape index (κ2) is 1.57. The summed E-state index contributed by atoms with van der Waals surface area (Å²) >= 11 is 0. The number of hydrogen-bond donors (Lipinski definition) is 3. The van der Waals surface area contributed by atoms with E-state index in [1.54, 1.807) is 0 Å². The first-order valence-corrected chi connectivity index (χ1v) is 3.14. The van der Waals surface area contributed by atoms with Crippen LogP contribution >= 0.6 is 0 Å². The molecule has 0 amide bonds. The third kappa shape index (κ3) is 0.489. The molecule has 3 N–H and O–H groups in total. The highest BCUT2D eigenvalue weighted by atomic mass is 16.6. The maximum atomic E-state index is 10.7. The van der Waals surface area contributed by atoms with Crippen LogP contribution in [0.2, 0.25) is 0 Å². The topological polar surface area (TPSA) is 72.8 Å². The molecule has 5 nitrogen and oxygen atoms in total. The molecule has 2 aliphatic rings. The molecule has 5 heteroatoms. The summed E-state index contributed by atoms with van der Waals surface area (Å²) < 4.78 is 0. The summed E-state index contributed by atoms with van der Waals surface area (Å²) in [6.07, 6.45) is 0. The number of piperazine rings is 1. The van der Waals surface area contributed by atoms with Crippen molar-refractivity contribution in [3.63, 3.8) is 0 Å². The Balaban J connectivity index is 2.23. The highest BCUT2D eigenvalue weighted by Gasteiger charge is 2.70. The van der Waals surface area contributed by atoms with Crippen LogP contribution in [0.15, 0.2) is 0 Å². The summed E-state index contributed by atoms with van der Waals surface area (Å²) in [5.41, 5.74) is -1.60. The van der Waals surface area contributed by atoms with E-state index in [2.05, 4.69) is 5.32 Å². The zero-order chi connectivity index (χ0) is 7.35. The van der Waals surface area contributed by atoms with E-state index in [1.807, 2.05) is 0 Å². The average molecular weight is 144 g/mol. The predicted octanol–water partition coefficient (Wildman–Crippen LogP) is -2.08. The minimum Gasteiger partial charge on any atom is -0.366 e. The molecular weight excluding hydrogens is 136 g/mol. The van der Waals surface area contributed by atoms with E-state index >= 15 is 0 Å². The molecule has 0 aromatic rings. The lowest BCUT2D eigenvalue weighted by Gasteiger charge is -2.24. The van der Waals surface area contributed by atoms with Gasteiger partial charge in [0.05, 0.1) is 0 Å². The normalized spacial score (nSPS) is 47.0. The van der Waals surface area contributed by atoms with Crippen molar-refractivity contribution >= 4 is 5.78 Å². The van der Waals surface area contributed by atoms with Crippen LogP contribution in [0.25, 0.3) is 0 Å². The second-order valence-corrected chi connectivity index (χ2v) is 2.60. The fourth-order valence-corrected chi connectivity index (χ4v) is 1.28. The first kappa shape index (κ1) is 6.23. The Labute approximate surface area is 57.2 Å². The highest BCUT2D eigenvalue weighted by molar-refractivity contribution is 6.10. The Bertz CT molecular complexity index is 195. The van der Waals surface area contributed by atoms with Crippen LogP contribution in [0.3, 0.4) is 0 Å². The second-order valence-electron chi connectivity index (χ2n) is 2.60. The van der Waals surface area contributed by atoms with E-state index in [1.165, 1.54) is 0 Å². The number of nitrogens with one attached hydrogen (secondary N) is 1. The van der Waals surface area contributed by atoms with Crippen LogP contribution in [0.5, 0.6) is 0 Å². The maximum Gasteiger partial charge on any atom is 0.224 e. The molecule has 0 radical (unpaired) electrons. The van der Waals surface area contributed by atoms with E-state index in [4.69, 9.17) is 5.21 Å². The molecule has 56 valence electrons. The number of aliphatic hydroxyl groups is 1. The summed E-state index contributed by atoms with van der Waals surface area (Å²) in [7, 11) is 0. The summed E-state index contributed by atoms with van der Waals surface area (Å²) in [6.45, 7) is 0.827. The fraction of sp³-hybridized carbons (Fsp3) is 0.800. The smallest absolute Gasteiger partial charge is 0.224 e. The van der Waals surface area contributed by atoms with Crippen LogP contribution in [0.1, 0.15) is 0 Å². The van der Waals surface area contributed by atoms with Gasteiger partial charge in [0, 0.05) is 13.1 Å². The predicted molar refractivity (Wildman–Crippen MR) is 30.2 cm³/mol. The molecular formula is C5H8N2O3. The largest absolute Gasteiger partial charge is 0.366 e. The SMILES string of the molecule is O=C1C2NCCN(O)C12O. The lowest BCUT2D eigenvalue weighted by Crippen LogP contribution is -2.49. The molecule has 1 heterocycles. The Morgan fingerprint density at radius 1 is 1.80 bits per heavy atom. The first-order valence-electron chi connectivity index (χ1n) is 3.14. The van der Waals surface area contributed by atoms with Gasteiger partial charge >= 0.3 is 0 Å². The molecule has 1 aliphatic carbocycles. The highest BCUT2D eigenvalue weighted by Crippen LogP contribution is 2.35. The number of hydroxylamine groups is 2. The van der Waals surface area contributed by atoms with Crippen LogP contribution in [0.4, 0.5) is 0 Å². The van der Waals surface area contributed by atoms with Gasteiger partial charge in [-0.15, -0.1) is 0 Å². The van der Waals surface area contributed by atoms with E-state index in [0.29, 0.717) is 18.2 Å². The van der Waals surface area contributed by atoms with Crippen LogP contribution < -0.4 is 5.32 Å². The number of nitrogens with zero attached hydrogens (tertiary/aromatic N) is 1. The lowest BCUT2D eigenvalue weighted by molar-refractivity contribution is -0.221. The molecule has 2 atom stereocenters. The lowest BCUT2D eigenvalue weighted by atomic mass is 10.4. The van der Waals surface area contributed by atoms with E-state index in [9.17, 15) is 9.90 Å². The van der Waals surface area contributed by atoms with Gasteiger partial charge in [0.1, 0.15) is 6.04 Å². The van der Waals surface area contributed by atoms with Crippen molar-refractivity contribution < 1.29 is 15.1 Å². The van der Waals surface area contributed by atoms with Crippen molar-refractivity contribution in [1.29, 1.82) is 0 Å². The minimum absolute atomic E-state index is 0.290. The number of fused-ring (bicyclic) bond motifs is 1. The van der Waals surface area contributed by atoms with Gasteiger partial charge in [0.15, 0.2) is 0 Å². The fourth-order valence-electron chi connectivity index (χ4n) is 1.28. The average Bonchev–Trinajstić information content (AvgIpc) is 2.42. The number of rotatable bonds is 0. The third-order valence-corrected chi connectivity index (χ3v) is 2.01. The van der Waals surface area contributed by atoms with Crippen molar-refractivity contribution in [2.45, 2.75) is 11.8 Å². The molecule has 0 bridgehead atoms. The Morgan fingerprint density at radius 2 is 2.50 bits per heavy atom. The molecule has 0 aromatic carbocycles. The number of Topliss-reactive ketones (excluding diaryl/α,β-unsaturated/α-hetero) is 1. The van der Waals surface area contributed by atoms with Gasteiger partial charge < -0.3 is 15.6 Å². The van der Waals surface area contributed by atoms with Crippen molar-refractivity contribution in [3.05, 3.63) is 0 Å². The molecule has 1 saturated heterocycles. The zero-order valence-electron chi connectivity index (χ0n) is 5.24. The molecule has 2 unspecified atom stereocenters. The number of carbonyl (C=O) groups is 1. The monoisotopic (exact) mass is 144 g/mol. The number of hydrogen-bond acceptors (Lipinski definition) is 5. The van der Waals surface area contributed by atoms with Gasteiger partial charge in [-0.2, -0.15) is 5.06 Å². The molecule has 0 aromatic heterocycles. The summed E-state index contributed by atoms with van der Waals surface area (Å²) in [5.74, 6) is -0.340. The molecule has 1 aliphatic heterocycles. The first-order chi connectivity index (χ1) is 4.67. The van der Waals surface area contributed by atoms with E-state index in [-0.39, 0.29) is 5.78 Å². The zero-order valence-corrected chi connectivity index (χ0v) is 5.24. The third-order valence-electron chi connectivity index (χ3n) is 2.01. The van der Waals surface area contributed by atoms with Crippen molar-refractivity contribution in [2.24, 2.45) is 0 Å². The number of ketones is 1. The van der Waals surface area contributed by atoms with Crippen molar-refractivity contribution in [3.8, 4) is 0 Å². The Hall–Kier alpha value is -0.490. The molecule has 1 saturated carbocycles. The minimum atomic E-state index is -1.60. The van der Waals surface area contributed by atoms with Gasteiger partial charge in [-0.3, -0.25) is 4.79 Å². The van der Waals surface area contributed by atoms with Crippen LogP contribution in [-0.4, -0.2) is 46.0 Å². The summed E-state index contributed by atoms with van der Waals surface area (Å²) in [5, 5.41) is 21.7. The molecule has 2 fully saturated rings. The van der Waals surface area contributed by atoms with Crippen LogP contribution in [0, 0.1) is 0 Å². The van der Waals surface area contributed by atoms with Gasteiger partial charge in [0.25, 0.3) is 0 Å². The Kier molecular flexibility index (Phi) is 0.976. The summed E-state index contributed by atoms with van der Waals surface area (Å²) in [4.78, 5) is 10.7. The summed E-state index contributed by atoms with van der Waals surface area (Å²) in [6, 6.07) is -0.564. The van der Waals surface area contributed by atoms with Crippen molar-refractivity contribution in [1.82, 2.24) is 10.4 Å². The van der Waals surface area contributed by atoms with Gasteiger partial charge in [-0.25, -0.2) is 0 Å². The van der Waals surface area contributed by atoms with Gasteiger partial charge in [-0.1, -0.05) is 0 Å². The van der Waals surface area contributed by atoms with Crippen molar-refractivity contribution in [2.75, 3.05) is 13.1 Å². The standard InChI is InChI=1S/C5H8N2O3/c8-4-3-5(4,9)7(10)2-1-6-3/h3,6,9-10H,1-2H2. The molecule has 2 rings (SSSR count). The Morgan fingerprint density at radius 3 is 3.00 bits per heavy atom. The van der Waals surface area contributed by atoms with E-state index < -0.39 is 11.8 Å². The van der Waals surface area contributed by atoms with Gasteiger partial charge in [0.2, 0.25) is 11.5 Å². The quantitative estimate of drug-likeness (QED) is 0.364. The maximum absolute atomic E-state index is 10.7. The van der Waals surface area contributed by atoms with Crippen LogP contribution in [-0.2, 0) is 4.79 Å². The molecule has 0 spiro atoms. The van der Waals surface area contributed by atoms with E-state index in [0.717, 1.165) is 0 Å². The number of carbonyl (C=O) groups excluding carboxylic acids is 1.